The normalized spacial score (nSPS) is 13.1. The fraction of sp³-hybridized carbons (Fsp3) is 1.00. The minimum atomic E-state index is 0.491. The Kier molecular flexibility index (Phi) is 10.9. The van der Waals surface area contributed by atoms with Crippen LogP contribution in [0.25, 0.3) is 0 Å². The van der Waals surface area contributed by atoms with Crippen molar-refractivity contribution in [3.8, 4) is 0 Å². The highest BCUT2D eigenvalue weighted by molar-refractivity contribution is 4.65. The van der Waals surface area contributed by atoms with Crippen molar-refractivity contribution < 1.29 is 9.47 Å². The molecule has 0 aliphatic carbocycles. The van der Waals surface area contributed by atoms with Crippen molar-refractivity contribution in [1.82, 2.24) is 5.32 Å². The molecule has 1 N–H and O–H groups in total. The zero-order valence-electron chi connectivity index (χ0n) is 9.84. The van der Waals surface area contributed by atoms with E-state index < -0.39 is 0 Å². The molecule has 86 valence electrons. The van der Waals surface area contributed by atoms with Gasteiger partial charge in [-0.15, -0.1) is 0 Å². The van der Waals surface area contributed by atoms with Crippen LogP contribution in [-0.4, -0.2) is 39.5 Å². The molecule has 1 atom stereocenters. The molecule has 0 aliphatic rings. The van der Waals surface area contributed by atoms with Gasteiger partial charge >= 0.3 is 0 Å². The van der Waals surface area contributed by atoms with E-state index in [2.05, 4.69) is 12.2 Å². The van der Waals surface area contributed by atoms with E-state index in [1.165, 1.54) is 6.42 Å². The monoisotopic (exact) mass is 203 g/mol. The average Bonchev–Trinajstić information content (AvgIpc) is 2.21. The van der Waals surface area contributed by atoms with Gasteiger partial charge in [0.1, 0.15) is 0 Å². The molecule has 0 aliphatic heterocycles. The summed E-state index contributed by atoms with van der Waals surface area (Å²) in [5.74, 6) is 0. The summed E-state index contributed by atoms with van der Waals surface area (Å²) in [7, 11) is 1.75. The van der Waals surface area contributed by atoms with E-state index in [9.17, 15) is 0 Å². The second-order valence-corrected chi connectivity index (χ2v) is 3.45. The van der Waals surface area contributed by atoms with E-state index in [-0.39, 0.29) is 0 Å². The SMILES string of the molecule is CCCNC(CCCOC)COCC. The minimum Gasteiger partial charge on any atom is -0.385 e. The van der Waals surface area contributed by atoms with E-state index in [1.54, 1.807) is 7.11 Å². The Morgan fingerprint density at radius 2 is 2.07 bits per heavy atom. The summed E-state index contributed by atoms with van der Waals surface area (Å²) in [5.41, 5.74) is 0. The van der Waals surface area contributed by atoms with Gasteiger partial charge in [0.25, 0.3) is 0 Å². The average molecular weight is 203 g/mol. The van der Waals surface area contributed by atoms with Crippen LogP contribution in [-0.2, 0) is 9.47 Å². The van der Waals surface area contributed by atoms with Crippen LogP contribution in [0.1, 0.15) is 33.1 Å². The summed E-state index contributed by atoms with van der Waals surface area (Å²) in [6, 6.07) is 0.491. The molecule has 0 radical (unpaired) electrons. The van der Waals surface area contributed by atoms with Crippen molar-refractivity contribution in [1.29, 1.82) is 0 Å². The number of rotatable bonds is 10. The van der Waals surface area contributed by atoms with Crippen molar-refractivity contribution in [2.75, 3.05) is 33.5 Å². The molecule has 0 heterocycles. The third-order valence-electron chi connectivity index (χ3n) is 2.11. The van der Waals surface area contributed by atoms with Crippen LogP contribution in [0.4, 0.5) is 0 Å². The van der Waals surface area contributed by atoms with E-state index >= 15 is 0 Å². The molecule has 0 fully saturated rings. The summed E-state index contributed by atoms with van der Waals surface area (Å²) < 4.78 is 10.5. The van der Waals surface area contributed by atoms with Crippen LogP contribution in [0.15, 0.2) is 0 Å². The lowest BCUT2D eigenvalue weighted by atomic mass is 10.1. The molecule has 0 rings (SSSR count). The first kappa shape index (κ1) is 13.9. The zero-order valence-corrected chi connectivity index (χ0v) is 9.84. The standard InChI is InChI=1S/C11H25NO2/c1-4-8-12-11(10-14-5-2)7-6-9-13-3/h11-12H,4-10H2,1-3H3. The number of hydrogen-bond donors (Lipinski definition) is 1. The molecule has 3 nitrogen and oxygen atoms in total. The Morgan fingerprint density at radius 1 is 1.29 bits per heavy atom. The summed E-state index contributed by atoms with van der Waals surface area (Å²) >= 11 is 0. The van der Waals surface area contributed by atoms with Crippen LogP contribution >= 0.6 is 0 Å². The predicted molar refractivity (Wildman–Crippen MR) is 59.7 cm³/mol. The molecule has 0 saturated heterocycles. The molecule has 0 amide bonds. The van der Waals surface area contributed by atoms with Crippen molar-refractivity contribution in [2.24, 2.45) is 0 Å². The topological polar surface area (TPSA) is 30.5 Å². The van der Waals surface area contributed by atoms with Gasteiger partial charge in [-0.25, -0.2) is 0 Å². The first-order valence-corrected chi connectivity index (χ1v) is 5.65. The van der Waals surface area contributed by atoms with Crippen molar-refractivity contribution in [2.45, 2.75) is 39.2 Å². The summed E-state index contributed by atoms with van der Waals surface area (Å²) in [4.78, 5) is 0. The summed E-state index contributed by atoms with van der Waals surface area (Å²) in [5, 5.41) is 3.48. The van der Waals surface area contributed by atoms with Gasteiger partial charge in [-0.2, -0.15) is 0 Å². The highest BCUT2D eigenvalue weighted by Crippen LogP contribution is 1.99. The van der Waals surface area contributed by atoms with Crippen molar-refractivity contribution >= 4 is 0 Å². The molecule has 0 aromatic rings. The molecular formula is C11H25NO2. The third kappa shape index (κ3) is 8.48. The van der Waals surface area contributed by atoms with Gasteiger partial charge in [0.05, 0.1) is 6.61 Å². The molecule has 0 spiro atoms. The highest BCUT2D eigenvalue weighted by atomic mass is 16.5. The van der Waals surface area contributed by atoms with Gasteiger partial charge in [0, 0.05) is 26.4 Å². The maximum atomic E-state index is 5.42. The van der Waals surface area contributed by atoms with Gasteiger partial charge < -0.3 is 14.8 Å². The zero-order chi connectivity index (χ0) is 10.6. The Hall–Kier alpha value is -0.120. The van der Waals surface area contributed by atoms with Crippen LogP contribution in [0.5, 0.6) is 0 Å². The Morgan fingerprint density at radius 3 is 2.64 bits per heavy atom. The maximum absolute atomic E-state index is 5.42. The van der Waals surface area contributed by atoms with Gasteiger partial charge in [-0.05, 0) is 32.7 Å². The van der Waals surface area contributed by atoms with Gasteiger partial charge in [-0.3, -0.25) is 0 Å². The van der Waals surface area contributed by atoms with E-state index in [1.807, 2.05) is 6.92 Å². The smallest absolute Gasteiger partial charge is 0.0619 e. The fourth-order valence-corrected chi connectivity index (χ4v) is 1.33. The van der Waals surface area contributed by atoms with Gasteiger partial charge in [-0.1, -0.05) is 6.92 Å². The molecule has 0 bridgehead atoms. The van der Waals surface area contributed by atoms with E-state index in [4.69, 9.17) is 9.47 Å². The molecular weight excluding hydrogens is 178 g/mol. The molecule has 0 aromatic heterocycles. The molecule has 1 unspecified atom stereocenters. The summed E-state index contributed by atoms with van der Waals surface area (Å²) in [6.45, 7) is 7.75. The van der Waals surface area contributed by atoms with E-state index in [0.717, 1.165) is 39.2 Å². The Bertz CT molecular complexity index is 101. The first-order chi connectivity index (χ1) is 6.85. The highest BCUT2D eigenvalue weighted by Gasteiger charge is 2.06. The Balaban J connectivity index is 3.49. The number of hydrogen-bond acceptors (Lipinski definition) is 3. The molecule has 0 saturated carbocycles. The fourth-order valence-electron chi connectivity index (χ4n) is 1.33. The second-order valence-electron chi connectivity index (χ2n) is 3.45. The van der Waals surface area contributed by atoms with Crippen molar-refractivity contribution in [3.05, 3.63) is 0 Å². The van der Waals surface area contributed by atoms with Gasteiger partial charge in [0.15, 0.2) is 0 Å². The van der Waals surface area contributed by atoms with Crippen LogP contribution in [0.3, 0.4) is 0 Å². The predicted octanol–water partition coefficient (Wildman–Crippen LogP) is 1.82. The largest absolute Gasteiger partial charge is 0.385 e. The van der Waals surface area contributed by atoms with Gasteiger partial charge in [0.2, 0.25) is 0 Å². The Labute approximate surface area is 88.2 Å². The number of methoxy groups -OCH3 is 1. The van der Waals surface area contributed by atoms with E-state index in [0.29, 0.717) is 6.04 Å². The minimum absolute atomic E-state index is 0.491. The molecule has 3 heteroatoms. The molecule has 0 aromatic carbocycles. The maximum Gasteiger partial charge on any atom is 0.0619 e. The quantitative estimate of drug-likeness (QED) is 0.549. The lowest BCUT2D eigenvalue weighted by molar-refractivity contribution is 0.114. The van der Waals surface area contributed by atoms with Crippen LogP contribution in [0, 0.1) is 0 Å². The van der Waals surface area contributed by atoms with Crippen molar-refractivity contribution in [3.63, 3.8) is 0 Å². The number of nitrogens with one attached hydrogen (secondary N) is 1. The van der Waals surface area contributed by atoms with Crippen LogP contribution < -0.4 is 5.32 Å². The summed E-state index contributed by atoms with van der Waals surface area (Å²) in [6.07, 6.45) is 3.41. The lowest BCUT2D eigenvalue weighted by Gasteiger charge is -2.17. The molecule has 14 heavy (non-hydrogen) atoms. The lowest BCUT2D eigenvalue weighted by Crippen LogP contribution is -2.34. The number of ether oxygens (including phenoxy) is 2. The second kappa shape index (κ2) is 11.0. The van der Waals surface area contributed by atoms with Crippen LogP contribution in [0.2, 0.25) is 0 Å². The first-order valence-electron chi connectivity index (χ1n) is 5.65. The third-order valence-corrected chi connectivity index (χ3v) is 2.11.